The average Bonchev–Trinajstić information content (AvgIpc) is 2.85. The number of hydrogen-bond acceptors (Lipinski definition) is 4. The van der Waals surface area contributed by atoms with Crippen molar-refractivity contribution in [3.8, 4) is 22.4 Å². The zero-order valence-electron chi connectivity index (χ0n) is 17.1. The summed E-state index contributed by atoms with van der Waals surface area (Å²) in [5.74, 6) is -0.617. The summed E-state index contributed by atoms with van der Waals surface area (Å²) in [5.41, 5.74) is 5.28. The molecule has 1 amide bonds. The molecule has 0 bridgehead atoms. The van der Waals surface area contributed by atoms with Gasteiger partial charge in [0, 0.05) is 17.3 Å². The van der Waals surface area contributed by atoms with E-state index in [0.717, 1.165) is 11.1 Å². The summed E-state index contributed by atoms with van der Waals surface area (Å²) in [6.45, 7) is 0. The number of aromatic amines is 1. The monoisotopic (exact) mass is 420 g/mol. The molecule has 0 spiro atoms. The normalized spacial score (nSPS) is 11.1. The number of carbonyl (C=O) groups excluding carboxylic acids is 1. The van der Waals surface area contributed by atoms with E-state index >= 15 is 0 Å². The van der Waals surface area contributed by atoms with Gasteiger partial charge in [0.25, 0.3) is 11.5 Å². The molecule has 0 aliphatic rings. The lowest BCUT2D eigenvalue weighted by Crippen LogP contribution is -2.28. The average molecular weight is 420 g/mol. The highest BCUT2D eigenvalue weighted by Gasteiger charge is 2.22. The molecule has 4 rings (SSSR count). The molecule has 6 heteroatoms. The van der Waals surface area contributed by atoms with E-state index in [1.807, 2.05) is 97.1 Å². The predicted octanol–water partition coefficient (Wildman–Crippen LogP) is 4.53. The Morgan fingerprint density at radius 3 is 2.09 bits per heavy atom. The zero-order valence-corrected chi connectivity index (χ0v) is 17.1. The van der Waals surface area contributed by atoms with Crippen molar-refractivity contribution in [3.05, 3.63) is 119 Å². The van der Waals surface area contributed by atoms with E-state index in [4.69, 9.17) is 0 Å². The van der Waals surface area contributed by atoms with Gasteiger partial charge >= 0.3 is 0 Å². The first-order valence-electron chi connectivity index (χ1n) is 10.0. The van der Waals surface area contributed by atoms with Crippen molar-refractivity contribution in [1.82, 2.24) is 15.6 Å². The number of benzene rings is 3. The topological polar surface area (TPSA) is 87.2 Å². The lowest BCUT2D eigenvalue weighted by atomic mass is 9.95. The molecule has 2 N–H and O–H groups in total. The minimum Gasteiger partial charge on any atom is -0.267 e. The summed E-state index contributed by atoms with van der Waals surface area (Å²) in [6, 6.07) is 28.4. The molecule has 0 saturated carbocycles. The Kier molecular flexibility index (Phi) is 6.43. The smallest absolute Gasteiger partial charge is 0.267 e. The predicted molar refractivity (Wildman–Crippen MR) is 127 cm³/mol. The van der Waals surface area contributed by atoms with Crippen LogP contribution in [0.3, 0.4) is 0 Å². The Bertz CT molecular complexity index is 1310. The van der Waals surface area contributed by atoms with Crippen LogP contribution in [-0.4, -0.2) is 22.3 Å². The third-order valence-corrected chi connectivity index (χ3v) is 4.73. The van der Waals surface area contributed by atoms with E-state index in [9.17, 15) is 9.59 Å². The van der Waals surface area contributed by atoms with Crippen LogP contribution in [0.4, 0.5) is 0 Å². The summed E-state index contributed by atoms with van der Waals surface area (Å²) in [5, 5.41) is 10.6. The van der Waals surface area contributed by atoms with Crippen LogP contribution in [0.1, 0.15) is 15.9 Å². The van der Waals surface area contributed by atoms with Crippen molar-refractivity contribution < 1.29 is 4.79 Å². The lowest BCUT2D eigenvalue weighted by Gasteiger charge is -2.12. The molecular formula is C26H20N4O2. The van der Waals surface area contributed by atoms with Gasteiger partial charge in [0.15, 0.2) is 0 Å². The first-order valence-corrected chi connectivity index (χ1v) is 10.0. The van der Waals surface area contributed by atoms with Gasteiger partial charge in [-0.2, -0.15) is 10.2 Å². The van der Waals surface area contributed by atoms with Crippen molar-refractivity contribution in [1.29, 1.82) is 0 Å². The van der Waals surface area contributed by atoms with Gasteiger partial charge in [-0.25, -0.2) is 10.5 Å². The highest BCUT2D eigenvalue weighted by atomic mass is 16.2. The molecule has 0 atom stereocenters. The van der Waals surface area contributed by atoms with Crippen molar-refractivity contribution in [2.45, 2.75) is 0 Å². The largest absolute Gasteiger partial charge is 0.277 e. The molecule has 0 saturated heterocycles. The van der Waals surface area contributed by atoms with Gasteiger partial charge in [0.05, 0.1) is 5.69 Å². The number of carbonyl (C=O) groups is 1. The Labute approximate surface area is 185 Å². The van der Waals surface area contributed by atoms with Gasteiger partial charge in [-0.1, -0.05) is 97.1 Å². The first kappa shape index (κ1) is 20.7. The van der Waals surface area contributed by atoms with Crippen molar-refractivity contribution in [2.75, 3.05) is 0 Å². The van der Waals surface area contributed by atoms with Crippen molar-refractivity contribution >= 4 is 18.2 Å². The number of H-pyrrole nitrogens is 1. The summed E-state index contributed by atoms with van der Waals surface area (Å²) in [7, 11) is 0. The minimum atomic E-state index is -0.617. The highest BCUT2D eigenvalue weighted by molar-refractivity contribution is 6.03. The van der Waals surface area contributed by atoms with E-state index in [1.54, 1.807) is 6.08 Å². The molecule has 4 aromatic rings. The molecule has 1 aromatic heterocycles. The van der Waals surface area contributed by atoms with Crippen molar-refractivity contribution in [3.63, 3.8) is 0 Å². The Hall–Kier alpha value is -4.58. The van der Waals surface area contributed by atoms with Gasteiger partial charge in [-0.3, -0.25) is 9.59 Å². The van der Waals surface area contributed by atoms with Crippen LogP contribution in [0, 0.1) is 0 Å². The van der Waals surface area contributed by atoms with E-state index < -0.39 is 11.5 Å². The maximum atomic E-state index is 13.0. The van der Waals surface area contributed by atoms with Gasteiger partial charge in [-0.15, -0.1) is 0 Å². The molecule has 0 unspecified atom stereocenters. The van der Waals surface area contributed by atoms with Gasteiger partial charge < -0.3 is 0 Å². The molecule has 32 heavy (non-hydrogen) atoms. The van der Waals surface area contributed by atoms with Gasteiger partial charge in [-0.05, 0) is 17.2 Å². The second-order valence-corrected chi connectivity index (χ2v) is 6.87. The van der Waals surface area contributed by atoms with Crippen LogP contribution in [0.2, 0.25) is 0 Å². The highest BCUT2D eigenvalue weighted by Crippen LogP contribution is 2.31. The molecule has 0 aliphatic carbocycles. The fourth-order valence-corrected chi connectivity index (χ4v) is 3.27. The number of allylic oxidation sites excluding steroid dienone is 1. The maximum Gasteiger partial charge on any atom is 0.277 e. The van der Waals surface area contributed by atoms with Gasteiger partial charge in [0.2, 0.25) is 0 Å². The molecule has 0 radical (unpaired) electrons. The second-order valence-electron chi connectivity index (χ2n) is 6.87. The Balaban J connectivity index is 1.68. The third kappa shape index (κ3) is 4.76. The number of hydrazone groups is 1. The zero-order chi connectivity index (χ0) is 22.2. The van der Waals surface area contributed by atoms with E-state index in [2.05, 4.69) is 20.7 Å². The number of rotatable bonds is 6. The molecular weight excluding hydrogens is 400 g/mol. The van der Waals surface area contributed by atoms with Crippen LogP contribution < -0.4 is 11.0 Å². The summed E-state index contributed by atoms with van der Waals surface area (Å²) < 4.78 is 0. The maximum absolute atomic E-state index is 13.0. The van der Waals surface area contributed by atoms with Crippen LogP contribution in [0.5, 0.6) is 0 Å². The molecule has 156 valence electrons. The van der Waals surface area contributed by atoms with Crippen LogP contribution in [-0.2, 0) is 0 Å². The quantitative estimate of drug-likeness (QED) is 0.355. The number of hydrogen-bond donors (Lipinski definition) is 2. The van der Waals surface area contributed by atoms with E-state index in [0.29, 0.717) is 16.8 Å². The molecule has 1 heterocycles. The van der Waals surface area contributed by atoms with Crippen molar-refractivity contribution in [2.24, 2.45) is 5.10 Å². The Morgan fingerprint density at radius 1 is 0.844 bits per heavy atom. The summed E-state index contributed by atoms with van der Waals surface area (Å²) in [6.07, 6.45) is 5.03. The SMILES string of the molecule is O=C(N/N=C/C=C/c1ccccc1)c1c(-c2ccccc2)c(-c2ccccc2)n[nH]c1=O. The van der Waals surface area contributed by atoms with Crippen LogP contribution in [0.15, 0.2) is 107 Å². The number of nitrogens with one attached hydrogen (secondary N) is 2. The molecule has 6 nitrogen and oxygen atoms in total. The molecule has 3 aromatic carbocycles. The summed E-state index contributed by atoms with van der Waals surface area (Å²) >= 11 is 0. The van der Waals surface area contributed by atoms with E-state index in [-0.39, 0.29) is 5.56 Å². The minimum absolute atomic E-state index is 0.0470. The first-order chi connectivity index (χ1) is 15.7. The number of nitrogens with zero attached hydrogens (tertiary/aromatic N) is 2. The summed E-state index contributed by atoms with van der Waals surface area (Å²) in [4.78, 5) is 25.6. The standard InChI is InChI=1S/C26H20N4O2/c31-25(29-27-18-10-13-19-11-4-1-5-12-19)23-22(20-14-6-2-7-15-20)24(28-30-26(23)32)21-16-8-3-9-17-21/h1-18H,(H,29,31)(H,30,32)/b13-10+,27-18+. The van der Waals surface area contributed by atoms with Gasteiger partial charge in [0.1, 0.15) is 5.56 Å². The van der Waals surface area contributed by atoms with E-state index in [1.165, 1.54) is 6.21 Å². The molecule has 0 aliphatic heterocycles. The molecule has 0 fully saturated rings. The lowest BCUT2D eigenvalue weighted by molar-refractivity contribution is 0.0954. The third-order valence-electron chi connectivity index (χ3n) is 4.73. The Morgan fingerprint density at radius 2 is 1.44 bits per heavy atom. The van der Waals surface area contributed by atoms with Crippen LogP contribution in [0.25, 0.3) is 28.5 Å². The number of amides is 1. The fraction of sp³-hybridized carbons (Fsp3) is 0. The fourth-order valence-electron chi connectivity index (χ4n) is 3.27. The second kappa shape index (κ2) is 9.95. The van der Waals surface area contributed by atoms with Crippen LogP contribution >= 0.6 is 0 Å². The number of aromatic nitrogens is 2.